The minimum Gasteiger partial charge on any atom is -0.394 e. The topological polar surface area (TPSA) is 35.5 Å². The fraction of sp³-hybridized carbons (Fsp3) is 1.00. The molecule has 0 spiro atoms. The molecule has 16 heavy (non-hydrogen) atoms. The fourth-order valence-electron chi connectivity index (χ4n) is 2.69. The Bertz CT molecular complexity index is 204. The van der Waals surface area contributed by atoms with E-state index in [4.69, 9.17) is 0 Å². The van der Waals surface area contributed by atoms with E-state index in [2.05, 4.69) is 31.1 Å². The van der Waals surface area contributed by atoms with Gasteiger partial charge in [-0.25, -0.2) is 0 Å². The van der Waals surface area contributed by atoms with Crippen LogP contribution in [-0.2, 0) is 0 Å². The minimum absolute atomic E-state index is 0.171. The maximum Gasteiger partial charge on any atom is 0.0623 e. The minimum atomic E-state index is -0.171. The third-order valence-corrected chi connectivity index (χ3v) is 4.08. The lowest BCUT2D eigenvalue weighted by Gasteiger charge is -2.39. The Balaban J connectivity index is 2.47. The molecule has 2 N–H and O–H groups in total. The van der Waals surface area contributed by atoms with E-state index in [1.54, 1.807) is 0 Å². The molecule has 96 valence electrons. The lowest BCUT2D eigenvalue weighted by atomic mass is 9.86. The summed E-state index contributed by atoms with van der Waals surface area (Å²) in [6.45, 7) is 5.53. The molecule has 0 heterocycles. The number of hydrogen-bond acceptors (Lipinski definition) is 3. The Morgan fingerprint density at radius 1 is 1.44 bits per heavy atom. The fourth-order valence-corrected chi connectivity index (χ4v) is 2.69. The molecular formula is C13H28N2O. The van der Waals surface area contributed by atoms with E-state index in [1.807, 2.05) is 7.05 Å². The van der Waals surface area contributed by atoms with Crippen molar-refractivity contribution in [3.8, 4) is 0 Å². The summed E-state index contributed by atoms with van der Waals surface area (Å²) in [7, 11) is 4.11. The lowest BCUT2D eigenvalue weighted by molar-refractivity contribution is 0.0940. The molecule has 3 nitrogen and oxygen atoms in total. The zero-order valence-electron chi connectivity index (χ0n) is 11.3. The first-order valence-electron chi connectivity index (χ1n) is 6.51. The number of rotatable bonds is 5. The summed E-state index contributed by atoms with van der Waals surface area (Å²) in [5, 5.41) is 12.6. The van der Waals surface area contributed by atoms with Crippen LogP contribution < -0.4 is 5.32 Å². The van der Waals surface area contributed by atoms with Crippen LogP contribution in [0.15, 0.2) is 0 Å². The molecule has 0 saturated heterocycles. The molecule has 0 aromatic rings. The van der Waals surface area contributed by atoms with Crippen molar-refractivity contribution in [1.82, 2.24) is 10.2 Å². The summed E-state index contributed by atoms with van der Waals surface area (Å²) in [6, 6.07) is 0.697. The van der Waals surface area contributed by atoms with Gasteiger partial charge in [0.05, 0.1) is 12.1 Å². The van der Waals surface area contributed by atoms with Crippen LogP contribution in [-0.4, -0.2) is 48.8 Å². The van der Waals surface area contributed by atoms with Gasteiger partial charge in [0.25, 0.3) is 0 Å². The Labute approximate surface area is 100 Å². The predicted molar refractivity (Wildman–Crippen MR) is 68.6 cm³/mol. The summed E-state index contributed by atoms with van der Waals surface area (Å²) >= 11 is 0. The smallest absolute Gasteiger partial charge is 0.0623 e. The second-order valence-electron chi connectivity index (χ2n) is 5.81. The highest BCUT2D eigenvalue weighted by Gasteiger charge is 2.28. The number of likely N-dealkylation sites (N-methyl/N-ethyl adjacent to an activating group) is 2. The van der Waals surface area contributed by atoms with E-state index in [-0.39, 0.29) is 12.1 Å². The molecule has 1 fully saturated rings. The second-order valence-corrected chi connectivity index (χ2v) is 5.81. The molecule has 0 radical (unpaired) electrons. The summed E-state index contributed by atoms with van der Waals surface area (Å²) in [6.07, 6.45) is 5.35. The van der Waals surface area contributed by atoms with E-state index in [9.17, 15) is 5.11 Å². The molecule has 0 amide bonds. The van der Waals surface area contributed by atoms with E-state index in [0.717, 1.165) is 12.5 Å². The zero-order valence-corrected chi connectivity index (χ0v) is 11.3. The van der Waals surface area contributed by atoms with Gasteiger partial charge in [-0.2, -0.15) is 0 Å². The summed E-state index contributed by atoms with van der Waals surface area (Å²) < 4.78 is 0. The molecule has 1 aliphatic rings. The Morgan fingerprint density at radius 2 is 2.12 bits per heavy atom. The largest absolute Gasteiger partial charge is 0.394 e. The first kappa shape index (κ1) is 13.9. The van der Waals surface area contributed by atoms with Crippen LogP contribution >= 0.6 is 0 Å². The highest BCUT2D eigenvalue weighted by molar-refractivity contribution is 4.87. The molecule has 3 atom stereocenters. The molecule has 0 aromatic carbocycles. The maximum absolute atomic E-state index is 9.40. The maximum atomic E-state index is 9.40. The first-order chi connectivity index (χ1) is 7.50. The van der Waals surface area contributed by atoms with Crippen molar-refractivity contribution in [3.63, 3.8) is 0 Å². The van der Waals surface area contributed by atoms with Crippen molar-refractivity contribution in [1.29, 1.82) is 0 Å². The third-order valence-electron chi connectivity index (χ3n) is 4.08. The Morgan fingerprint density at radius 3 is 2.62 bits per heavy atom. The summed E-state index contributed by atoms with van der Waals surface area (Å²) in [5.74, 6) is 0.858. The molecule has 1 rings (SSSR count). The van der Waals surface area contributed by atoms with Gasteiger partial charge in [0.2, 0.25) is 0 Å². The average Bonchev–Trinajstić information content (AvgIpc) is 2.29. The van der Waals surface area contributed by atoms with Crippen molar-refractivity contribution in [2.45, 2.75) is 51.1 Å². The van der Waals surface area contributed by atoms with Crippen molar-refractivity contribution in [3.05, 3.63) is 0 Å². The van der Waals surface area contributed by atoms with Crippen LogP contribution in [0.2, 0.25) is 0 Å². The van der Waals surface area contributed by atoms with Gasteiger partial charge >= 0.3 is 0 Å². The van der Waals surface area contributed by atoms with Crippen LogP contribution in [0.1, 0.15) is 39.5 Å². The van der Waals surface area contributed by atoms with Gasteiger partial charge < -0.3 is 15.3 Å². The van der Waals surface area contributed by atoms with Crippen LogP contribution in [0, 0.1) is 5.92 Å². The van der Waals surface area contributed by atoms with Gasteiger partial charge in [-0.1, -0.05) is 19.8 Å². The van der Waals surface area contributed by atoms with Crippen LogP contribution in [0.4, 0.5) is 0 Å². The summed E-state index contributed by atoms with van der Waals surface area (Å²) in [4.78, 5) is 2.42. The Hall–Kier alpha value is -0.120. The van der Waals surface area contributed by atoms with E-state index < -0.39 is 0 Å². The molecular weight excluding hydrogens is 200 g/mol. The molecule has 3 unspecified atom stereocenters. The molecule has 1 aliphatic carbocycles. The van der Waals surface area contributed by atoms with E-state index >= 15 is 0 Å². The van der Waals surface area contributed by atoms with Crippen LogP contribution in [0.25, 0.3) is 0 Å². The second kappa shape index (κ2) is 5.99. The molecule has 0 bridgehead atoms. The van der Waals surface area contributed by atoms with E-state index in [1.165, 1.54) is 25.7 Å². The summed E-state index contributed by atoms with van der Waals surface area (Å²) in [5.41, 5.74) is -0.171. The Kier molecular flexibility index (Phi) is 5.22. The SMILES string of the molecule is CNC(C)(CO)CN(C)C1CCCC(C)C1. The standard InChI is InChI=1S/C13H28N2O/c1-11-6-5-7-12(8-11)15(4)9-13(2,10-16)14-3/h11-12,14,16H,5-10H2,1-4H3. The van der Waals surface area contributed by atoms with Gasteiger partial charge in [-0.15, -0.1) is 0 Å². The third kappa shape index (κ3) is 3.72. The average molecular weight is 228 g/mol. The monoisotopic (exact) mass is 228 g/mol. The quantitative estimate of drug-likeness (QED) is 0.748. The number of aliphatic hydroxyl groups is 1. The van der Waals surface area contributed by atoms with Crippen LogP contribution in [0.5, 0.6) is 0 Å². The van der Waals surface area contributed by atoms with Gasteiger partial charge in [0.1, 0.15) is 0 Å². The lowest BCUT2D eigenvalue weighted by Crippen LogP contribution is -2.54. The number of aliphatic hydroxyl groups excluding tert-OH is 1. The van der Waals surface area contributed by atoms with Gasteiger partial charge in [-0.05, 0) is 39.8 Å². The predicted octanol–water partition coefficient (Wildman–Crippen LogP) is 1.47. The number of nitrogens with one attached hydrogen (secondary N) is 1. The molecule has 3 heteroatoms. The van der Waals surface area contributed by atoms with Crippen molar-refractivity contribution in [2.24, 2.45) is 5.92 Å². The van der Waals surface area contributed by atoms with Gasteiger partial charge in [-0.3, -0.25) is 0 Å². The van der Waals surface area contributed by atoms with E-state index in [0.29, 0.717) is 6.04 Å². The zero-order chi connectivity index (χ0) is 12.2. The number of nitrogens with zero attached hydrogens (tertiary/aromatic N) is 1. The van der Waals surface area contributed by atoms with Crippen molar-refractivity contribution < 1.29 is 5.11 Å². The van der Waals surface area contributed by atoms with Gasteiger partial charge in [0.15, 0.2) is 0 Å². The molecule has 0 aromatic heterocycles. The van der Waals surface area contributed by atoms with Crippen molar-refractivity contribution in [2.75, 3.05) is 27.2 Å². The highest BCUT2D eigenvalue weighted by atomic mass is 16.3. The molecule has 1 saturated carbocycles. The highest BCUT2D eigenvalue weighted by Crippen LogP contribution is 2.27. The first-order valence-corrected chi connectivity index (χ1v) is 6.51. The molecule has 0 aliphatic heterocycles. The van der Waals surface area contributed by atoms with Crippen molar-refractivity contribution >= 4 is 0 Å². The van der Waals surface area contributed by atoms with Gasteiger partial charge in [0, 0.05) is 12.6 Å². The van der Waals surface area contributed by atoms with Crippen LogP contribution in [0.3, 0.4) is 0 Å². The number of hydrogen-bond donors (Lipinski definition) is 2. The normalized spacial score (nSPS) is 30.4.